The third kappa shape index (κ3) is 5.58. The van der Waals surface area contributed by atoms with Crippen molar-refractivity contribution >= 4 is 11.9 Å². The van der Waals surface area contributed by atoms with Crippen LogP contribution >= 0.6 is 0 Å². The Bertz CT molecular complexity index is 516. The quantitative estimate of drug-likeness (QED) is 0.926. The number of carbonyl (C=O) groups is 2. The monoisotopic (exact) mass is 317 g/mol. The van der Waals surface area contributed by atoms with Crippen LogP contribution in [0.5, 0.6) is 0 Å². The molecule has 5 nitrogen and oxygen atoms in total. The fourth-order valence-corrected chi connectivity index (χ4v) is 2.76. The highest BCUT2D eigenvalue weighted by Crippen LogP contribution is 2.08. The van der Waals surface area contributed by atoms with Gasteiger partial charge in [-0.1, -0.05) is 30.3 Å². The van der Waals surface area contributed by atoms with E-state index in [0.29, 0.717) is 26.1 Å². The second kappa shape index (κ2) is 8.56. The van der Waals surface area contributed by atoms with Gasteiger partial charge in [0.15, 0.2) is 0 Å². The van der Waals surface area contributed by atoms with E-state index in [1.165, 1.54) is 5.56 Å². The average Bonchev–Trinajstić information content (AvgIpc) is 2.79. The maximum absolute atomic E-state index is 12.4. The maximum Gasteiger partial charge on any atom is 0.317 e. The molecule has 1 aliphatic heterocycles. The van der Waals surface area contributed by atoms with Crippen molar-refractivity contribution in [1.82, 2.24) is 15.1 Å². The summed E-state index contributed by atoms with van der Waals surface area (Å²) in [5.74, 6) is 0.181. The summed E-state index contributed by atoms with van der Waals surface area (Å²) in [6, 6.07) is 10.2. The maximum atomic E-state index is 12.4. The van der Waals surface area contributed by atoms with Crippen molar-refractivity contribution in [3.63, 3.8) is 0 Å². The van der Waals surface area contributed by atoms with Gasteiger partial charge in [-0.3, -0.25) is 4.79 Å². The fraction of sp³-hybridized carbons (Fsp3) is 0.556. The third-order valence-corrected chi connectivity index (χ3v) is 4.02. The van der Waals surface area contributed by atoms with E-state index >= 15 is 0 Å². The molecule has 1 saturated heterocycles. The molecule has 23 heavy (non-hydrogen) atoms. The lowest BCUT2D eigenvalue weighted by atomic mass is 10.1. The Morgan fingerprint density at radius 3 is 2.39 bits per heavy atom. The van der Waals surface area contributed by atoms with Crippen LogP contribution in [0.1, 0.15) is 32.3 Å². The predicted molar refractivity (Wildman–Crippen MR) is 91.2 cm³/mol. The molecule has 0 unspecified atom stereocenters. The van der Waals surface area contributed by atoms with Gasteiger partial charge in [0, 0.05) is 38.6 Å². The van der Waals surface area contributed by atoms with E-state index in [4.69, 9.17) is 0 Å². The van der Waals surface area contributed by atoms with Gasteiger partial charge in [0.2, 0.25) is 5.91 Å². The number of nitrogens with zero attached hydrogens (tertiary/aromatic N) is 2. The number of aryl methyl sites for hydroxylation is 1. The van der Waals surface area contributed by atoms with Crippen molar-refractivity contribution in [3.05, 3.63) is 35.9 Å². The zero-order chi connectivity index (χ0) is 16.7. The molecule has 0 spiro atoms. The third-order valence-electron chi connectivity index (χ3n) is 4.02. The summed E-state index contributed by atoms with van der Waals surface area (Å²) >= 11 is 0. The molecule has 1 heterocycles. The summed E-state index contributed by atoms with van der Waals surface area (Å²) in [6.07, 6.45) is 2.14. The van der Waals surface area contributed by atoms with Crippen LogP contribution in [0.3, 0.4) is 0 Å². The highest BCUT2D eigenvalue weighted by Gasteiger charge is 2.21. The number of benzene rings is 1. The van der Waals surface area contributed by atoms with Gasteiger partial charge in [-0.25, -0.2) is 4.79 Å². The second-order valence-corrected chi connectivity index (χ2v) is 6.31. The molecule has 1 fully saturated rings. The van der Waals surface area contributed by atoms with Crippen LogP contribution in [0.4, 0.5) is 4.79 Å². The van der Waals surface area contributed by atoms with Gasteiger partial charge in [0.1, 0.15) is 0 Å². The topological polar surface area (TPSA) is 52.7 Å². The van der Waals surface area contributed by atoms with Crippen LogP contribution in [-0.2, 0) is 11.2 Å². The van der Waals surface area contributed by atoms with E-state index in [2.05, 4.69) is 5.32 Å². The fourth-order valence-electron chi connectivity index (χ4n) is 2.76. The molecule has 5 heteroatoms. The molecule has 1 aromatic rings. The van der Waals surface area contributed by atoms with Gasteiger partial charge in [0.05, 0.1) is 0 Å². The number of nitrogens with one attached hydrogen (secondary N) is 1. The number of amides is 3. The Balaban J connectivity index is 1.80. The highest BCUT2D eigenvalue weighted by molar-refractivity contribution is 5.77. The minimum Gasteiger partial charge on any atom is -0.341 e. The van der Waals surface area contributed by atoms with E-state index in [1.54, 1.807) is 0 Å². The molecule has 0 bridgehead atoms. The van der Waals surface area contributed by atoms with Crippen LogP contribution in [-0.4, -0.2) is 54.0 Å². The summed E-state index contributed by atoms with van der Waals surface area (Å²) in [6.45, 7) is 6.58. The molecule has 1 N–H and O–H groups in total. The first-order chi connectivity index (χ1) is 11.1. The average molecular weight is 317 g/mol. The zero-order valence-corrected chi connectivity index (χ0v) is 14.1. The first kappa shape index (κ1) is 17.3. The molecule has 3 amide bonds. The van der Waals surface area contributed by atoms with Crippen LogP contribution in [0.2, 0.25) is 0 Å². The van der Waals surface area contributed by atoms with Gasteiger partial charge < -0.3 is 15.1 Å². The van der Waals surface area contributed by atoms with E-state index < -0.39 is 0 Å². The van der Waals surface area contributed by atoms with Crippen molar-refractivity contribution in [2.75, 3.05) is 26.2 Å². The van der Waals surface area contributed by atoms with E-state index in [-0.39, 0.29) is 18.0 Å². The number of hydrogen-bond acceptors (Lipinski definition) is 2. The summed E-state index contributed by atoms with van der Waals surface area (Å²) in [7, 11) is 0. The SMILES string of the molecule is CC(C)NC(=O)N1CCCN(C(=O)CCc2ccccc2)CC1. The summed E-state index contributed by atoms with van der Waals surface area (Å²) in [5.41, 5.74) is 1.19. The lowest BCUT2D eigenvalue weighted by Crippen LogP contribution is -2.44. The Kier molecular flexibility index (Phi) is 6.44. The molecule has 0 radical (unpaired) electrons. The largest absolute Gasteiger partial charge is 0.341 e. The summed E-state index contributed by atoms with van der Waals surface area (Å²) in [5, 5.41) is 2.91. The van der Waals surface area contributed by atoms with Gasteiger partial charge >= 0.3 is 6.03 Å². The van der Waals surface area contributed by atoms with Crippen molar-refractivity contribution in [3.8, 4) is 0 Å². The lowest BCUT2D eigenvalue weighted by molar-refractivity contribution is -0.131. The molecule has 1 aliphatic rings. The molecule has 2 rings (SSSR count). The molecule has 0 atom stereocenters. The van der Waals surface area contributed by atoms with Crippen LogP contribution in [0.15, 0.2) is 30.3 Å². The van der Waals surface area contributed by atoms with E-state index in [9.17, 15) is 9.59 Å². The van der Waals surface area contributed by atoms with Gasteiger partial charge in [-0.05, 0) is 32.3 Å². The van der Waals surface area contributed by atoms with Crippen molar-refractivity contribution < 1.29 is 9.59 Å². The zero-order valence-electron chi connectivity index (χ0n) is 14.1. The van der Waals surface area contributed by atoms with E-state index in [1.807, 2.05) is 54.0 Å². The first-order valence-corrected chi connectivity index (χ1v) is 8.43. The van der Waals surface area contributed by atoms with Crippen LogP contribution < -0.4 is 5.32 Å². The number of carbonyl (C=O) groups excluding carboxylic acids is 2. The summed E-state index contributed by atoms with van der Waals surface area (Å²) < 4.78 is 0. The normalized spacial score (nSPS) is 15.4. The van der Waals surface area contributed by atoms with Gasteiger partial charge in [-0.2, -0.15) is 0 Å². The Morgan fingerprint density at radius 2 is 1.70 bits per heavy atom. The molecule has 1 aromatic carbocycles. The Hall–Kier alpha value is -2.04. The van der Waals surface area contributed by atoms with Gasteiger partial charge in [-0.15, -0.1) is 0 Å². The molecular weight excluding hydrogens is 290 g/mol. The first-order valence-electron chi connectivity index (χ1n) is 8.43. The summed E-state index contributed by atoms with van der Waals surface area (Å²) in [4.78, 5) is 28.1. The molecule has 0 saturated carbocycles. The van der Waals surface area contributed by atoms with Crippen LogP contribution in [0, 0.1) is 0 Å². The number of hydrogen-bond donors (Lipinski definition) is 1. The predicted octanol–water partition coefficient (Wildman–Crippen LogP) is 2.27. The Morgan fingerprint density at radius 1 is 1.04 bits per heavy atom. The standard InChI is InChI=1S/C18H27N3O2/c1-15(2)19-18(23)21-12-6-11-20(13-14-21)17(22)10-9-16-7-4-3-5-8-16/h3-5,7-8,15H,6,9-14H2,1-2H3,(H,19,23). The molecule has 0 aliphatic carbocycles. The Labute approximate surface area is 138 Å². The highest BCUT2D eigenvalue weighted by atomic mass is 16.2. The van der Waals surface area contributed by atoms with Crippen molar-refractivity contribution in [1.29, 1.82) is 0 Å². The van der Waals surface area contributed by atoms with Crippen LogP contribution in [0.25, 0.3) is 0 Å². The minimum atomic E-state index is -0.0291. The van der Waals surface area contributed by atoms with Crippen molar-refractivity contribution in [2.24, 2.45) is 0 Å². The molecular formula is C18H27N3O2. The molecule has 0 aromatic heterocycles. The van der Waals surface area contributed by atoms with Gasteiger partial charge in [0.25, 0.3) is 0 Å². The second-order valence-electron chi connectivity index (χ2n) is 6.31. The number of urea groups is 1. The lowest BCUT2D eigenvalue weighted by Gasteiger charge is -2.23. The molecule has 126 valence electrons. The number of rotatable bonds is 4. The van der Waals surface area contributed by atoms with Crippen molar-refractivity contribution in [2.45, 2.75) is 39.2 Å². The smallest absolute Gasteiger partial charge is 0.317 e. The van der Waals surface area contributed by atoms with E-state index in [0.717, 1.165) is 19.4 Å². The minimum absolute atomic E-state index is 0.0291.